The summed E-state index contributed by atoms with van der Waals surface area (Å²) in [6.45, 7) is 2.20. The summed E-state index contributed by atoms with van der Waals surface area (Å²) < 4.78 is 27.9. The zero-order valence-corrected chi connectivity index (χ0v) is 20.0. The van der Waals surface area contributed by atoms with Gasteiger partial charge in [0.1, 0.15) is 16.6 Å². The van der Waals surface area contributed by atoms with E-state index in [1.54, 1.807) is 23.2 Å². The van der Waals surface area contributed by atoms with E-state index in [0.29, 0.717) is 17.5 Å². The highest BCUT2D eigenvalue weighted by molar-refractivity contribution is 7.89. The molecule has 4 heterocycles. The number of rotatable bonds is 6. The van der Waals surface area contributed by atoms with E-state index in [9.17, 15) is 18.0 Å². The van der Waals surface area contributed by atoms with E-state index in [2.05, 4.69) is 20.3 Å². The average molecular weight is 495 g/mol. The molecule has 1 aromatic carbocycles. The minimum atomic E-state index is -3.75. The van der Waals surface area contributed by atoms with E-state index in [-0.39, 0.29) is 42.9 Å². The van der Waals surface area contributed by atoms with Crippen LogP contribution in [0.4, 0.5) is 0 Å². The first-order valence-corrected chi connectivity index (χ1v) is 12.8. The number of hydrogen-bond donors (Lipinski definition) is 3. The fraction of sp³-hybridized carbons (Fsp3) is 0.292. The summed E-state index contributed by atoms with van der Waals surface area (Å²) in [6, 6.07) is 10.5. The standard InChI is InChI=1S/C24H26N6O4S/c1-16(31)28-21(13-17-14-26-20-7-3-2-5-18(17)20)24(32)29-9-11-30(12-10-29)35(33,34)22-15-27-23-19(22)6-4-8-25-23/h2-8,14-15,21,26H,9-13H2,1H3,(H,25,27)(H,28,31). The van der Waals surface area contributed by atoms with Crippen molar-refractivity contribution >= 4 is 43.8 Å². The largest absolute Gasteiger partial charge is 0.361 e. The molecule has 10 nitrogen and oxygen atoms in total. The number of H-pyrrole nitrogens is 2. The third kappa shape index (κ3) is 4.40. The van der Waals surface area contributed by atoms with Gasteiger partial charge in [-0.05, 0) is 23.8 Å². The molecular weight excluding hydrogens is 468 g/mol. The molecule has 182 valence electrons. The van der Waals surface area contributed by atoms with E-state index in [0.717, 1.165) is 16.5 Å². The van der Waals surface area contributed by atoms with Crippen LogP contribution in [0, 0.1) is 0 Å². The van der Waals surface area contributed by atoms with Crippen LogP contribution >= 0.6 is 0 Å². The van der Waals surface area contributed by atoms with Crippen LogP contribution in [-0.2, 0) is 26.0 Å². The van der Waals surface area contributed by atoms with Gasteiger partial charge in [0.25, 0.3) is 0 Å². The van der Waals surface area contributed by atoms with Crippen molar-refractivity contribution in [2.45, 2.75) is 24.3 Å². The quantitative estimate of drug-likeness (QED) is 0.375. The van der Waals surface area contributed by atoms with Crippen LogP contribution in [0.2, 0.25) is 0 Å². The molecule has 2 amide bonds. The predicted octanol–water partition coefficient (Wildman–Crippen LogP) is 1.62. The number of aromatic nitrogens is 3. The number of nitrogens with zero attached hydrogens (tertiary/aromatic N) is 3. The van der Waals surface area contributed by atoms with Crippen molar-refractivity contribution in [2.75, 3.05) is 26.2 Å². The van der Waals surface area contributed by atoms with Crippen molar-refractivity contribution in [1.29, 1.82) is 0 Å². The molecular formula is C24H26N6O4S. The summed E-state index contributed by atoms with van der Waals surface area (Å²) >= 11 is 0. The van der Waals surface area contributed by atoms with Crippen molar-refractivity contribution in [2.24, 2.45) is 0 Å². The Balaban J connectivity index is 1.30. The number of nitrogens with one attached hydrogen (secondary N) is 3. The lowest BCUT2D eigenvalue weighted by Gasteiger charge is -2.35. The number of sulfonamides is 1. The van der Waals surface area contributed by atoms with Gasteiger partial charge in [0.2, 0.25) is 21.8 Å². The van der Waals surface area contributed by atoms with Crippen molar-refractivity contribution < 1.29 is 18.0 Å². The Kier molecular flexibility index (Phi) is 6.03. The summed E-state index contributed by atoms with van der Waals surface area (Å²) in [7, 11) is -3.75. The van der Waals surface area contributed by atoms with E-state index in [1.807, 2.05) is 30.5 Å². The normalized spacial score (nSPS) is 16.0. The fourth-order valence-corrected chi connectivity index (χ4v) is 6.19. The first-order chi connectivity index (χ1) is 16.8. The second-order valence-electron chi connectivity index (χ2n) is 8.60. The second kappa shape index (κ2) is 9.16. The summed E-state index contributed by atoms with van der Waals surface area (Å²) in [5.74, 6) is -0.517. The van der Waals surface area contributed by atoms with Crippen molar-refractivity contribution in [3.63, 3.8) is 0 Å². The number of fused-ring (bicyclic) bond motifs is 2. The van der Waals surface area contributed by atoms with Gasteiger partial charge >= 0.3 is 0 Å². The number of carbonyl (C=O) groups is 2. The Morgan fingerprint density at radius 2 is 1.77 bits per heavy atom. The molecule has 1 atom stereocenters. The Bertz CT molecular complexity index is 1500. The molecule has 3 aromatic heterocycles. The molecule has 4 aromatic rings. The van der Waals surface area contributed by atoms with Crippen molar-refractivity contribution in [3.05, 3.63) is 60.6 Å². The molecule has 0 saturated carbocycles. The summed E-state index contributed by atoms with van der Waals surface area (Å²) in [6.07, 6.45) is 5.25. The van der Waals surface area contributed by atoms with Gasteiger partial charge in [-0.1, -0.05) is 18.2 Å². The Morgan fingerprint density at radius 3 is 2.54 bits per heavy atom. The highest BCUT2D eigenvalue weighted by Gasteiger charge is 2.34. The Labute approximate surface area is 202 Å². The maximum absolute atomic E-state index is 13.4. The third-order valence-electron chi connectivity index (χ3n) is 6.36. The molecule has 0 radical (unpaired) electrons. The maximum atomic E-state index is 13.4. The number of aromatic amines is 2. The first kappa shape index (κ1) is 23.1. The lowest BCUT2D eigenvalue weighted by molar-refractivity contribution is -0.137. The van der Waals surface area contributed by atoms with Gasteiger partial charge in [0.15, 0.2) is 0 Å². The number of pyridine rings is 1. The molecule has 0 aliphatic carbocycles. The van der Waals surface area contributed by atoms with Gasteiger partial charge in [0.05, 0.1) is 0 Å². The molecule has 5 rings (SSSR count). The van der Waals surface area contributed by atoms with E-state index < -0.39 is 16.1 Å². The predicted molar refractivity (Wildman–Crippen MR) is 131 cm³/mol. The SMILES string of the molecule is CC(=O)NC(Cc1c[nH]c2ccccc12)C(=O)N1CCN(S(=O)(=O)c2c[nH]c3ncccc23)CC1. The molecule has 1 fully saturated rings. The summed E-state index contributed by atoms with van der Waals surface area (Å²) in [5.41, 5.74) is 2.40. The number of hydrogen-bond acceptors (Lipinski definition) is 5. The van der Waals surface area contributed by atoms with Gasteiger partial charge in [-0.3, -0.25) is 9.59 Å². The van der Waals surface area contributed by atoms with Gasteiger partial charge in [-0.25, -0.2) is 13.4 Å². The minimum Gasteiger partial charge on any atom is -0.361 e. The molecule has 1 aliphatic heterocycles. The highest BCUT2D eigenvalue weighted by atomic mass is 32.2. The number of para-hydroxylation sites is 1. The van der Waals surface area contributed by atoms with Crippen LogP contribution < -0.4 is 5.32 Å². The second-order valence-corrected chi connectivity index (χ2v) is 10.5. The van der Waals surface area contributed by atoms with Crippen molar-refractivity contribution in [1.82, 2.24) is 29.5 Å². The lowest BCUT2D eigenvalue weighted by Crippen LogP contribution is -2.56. The number of amides is 2. The Hall–Kier alpha value is -3.70. The van der Waals surface area contributed by atoms with Crippen LogP contribution in [0.3, 0.4) is 0 Å². The summed E-state index contributed by atoms with van der Waals surface area (Å²) in [4.78, 5) is 37.3. The molecule has 3 N–H and O–H groups in total. The van der Waals surface area contributed by atoms with E-state index in [1.165, 1.54) is 17.4 Å². The molecule has 1 aliphatic rings. The topological polar surface area (TPSA) is 131 Å². The molecule has 11 heteroatoms. The number of carbonyl (C=O) groups excluding carboxylic acids is 2. The van der Waals surface area contributed by atoms with Crippen LogP contribution in [0.1, 0.15) is 12.5 Å². The van der Waals surface area contributed by atoms with Gasteiger partial charge in [0, 0.05) is 74.4 Å². The zero-order valence-electron chi connectivity index (χ0n) is 19.2. The van der Waals surface area contributed by atoms with Crippen LogP contribution in [-0.4, -0.2) is 76.6 Å². The molecule has 1 unspecified atom stereocenters. The average Bonchev–Trinajstić information content (AvgIpc) is 3.48. The zero-order chi connectivity index (χ0) is 24.6. The minimum absolute atomic E-state index is 0.168. The number of benzene rings is 1. The fourth-order valence-electron chi connectivity index (χ4n) is 4.62. The van der Waals surface area contributed by atoms with Gasteiger partial charge in [-0.15, -0.1) is 0 Å². The summed E-state index contributed by atoms with van der Waals surface area (Å²) in [5, 5.41) is 4.31. The maximum Gasteiger partial charge on any atom is 0.245 e. The van der Waals surface area contributed by atoms with E-state index in [4.69, 9.17) is 0 Å². The molecule has 35 heavy (non-hydrogen) atoms. The Morgan fingerprint density at radius 1 is 1.03 bits per heavy atom. The lowest BCUT2D eigenvalue weighted by atomic mass is 10.0. The number of piperazine rings is 1. The van der Waals surface area contributed by atoms with Crippen LogP contribution in [0.15, 0.2) is 59.9 Å². The van der Waals surface area contributed by atoms with Crippen LogP contribution in [0.5, 0.6) is 0 Å². The van der Waals surface area contributed by atoms with Crippen LogP contribution in [0.25, 0.3) is 21.9 Å². The van der Waals surface area contributed by atoms with Gasteiger partial charge < -0.3 is 20.2 Å². The molecule has 0 bridgehead atoms. The van der Waals surface area contributed by atoms with E-state index >= 15 is 0 Å². The molecule has 1 saturated heterocycles. The third-order valence-corrected chi connectivity index (χ3v) is 8.29. The smallest absolute Gasteiger partial charge is 0.245 e. The highest BCUT2D eigenvalue weighted by Crippen LogP contribution is 2.25. The monoisotopic (exact) mass is 494 g/mol. The van der Waals surface area contributed by atoms with Gasteiger partial charge in [-0.2, -0.15) is 4.31 Å². The van der Waals surface area contributed by atoms with Crippen molar-refractivity contribution in [3.8, 4) is 0 Å². The first-order valence-electron chi connectivity index (χ1n) is 11.4. The molecule has 0 spiro atoms.